The lowest BCUT2D eigenvalue weighted by atomic mass is 10.1. The third-order valence-electron chi connectivity index (χ3n) is 4.49. The number of hydrogen-bond acceptors (Lipinski definition) is 5. The Kier molecular flexibility index (Phi) is 8.82. The highest BCUT2D eigenvalue weighted by molar-refractivity contribution is 14.1. The Morgan fingerprint density at radius 2 is 1.71 bits per heavy atom. The Morgan fingerprint density at radius 1 is 1.06 bits per heavy atom. The van der Waals surface area contributed by atoms with Gasteiger partial charge in [0.1, 0.15) is 11.5 Å². The van der Waals surface area contributed by atoms with Crippen molar-refractivity contribution < 1.29 is 23.6 Å². The highest BCUT2D eigenvalue weighted by atomic mass is 127. The van der Waals surface area contributed by atoms with Gasteiger partial charge in [0.05, 0.1) is 12.7 Å². The average molecular weight is 704 g/mol. The summed E-state index contributed by atoms with van der Waals surface area (Å²) in [6.07, 6.45) is 2.03. The molecule has 0 heterocycles. The van der Waals surface area contributed by atoms with Crippen molar-refractivity contribution in [2.45, 2.75) is 12.8 Å². The summed E-state index contributed by atoms with van der Waals surface area (Å²) in [5.41, 5.74) is 1.63. The van der Waals surface area contributed by atoms with E-state index in [0.717, 1.165) is 12.7 Å². The number of benzene rings is 3. The fraction of sp³-hybridized carbons (Fsp3) is 0.125. The van der Waals surface area contributed by atoms with Crippen molar-refractivity contribution in [3.8, 4) is 17.2 Å². The number of halogens is 2. The lowest BCUT2D eigenvalue weighted by molar-refractivity contribution is -0.119. The number of para-hydroxylation sites is 1. The molecule has 3 aromatic rings. The SMILES string of the molecule is C=S(C)(=O)NC(=O)CCc1cc(I)c(Oc2ccc(O)c(C(=O)Nc3ccccc3)c2)c(I)c1. The maximum atomic E-state index is 12.6. The van der Waals surface area contributed by atoms with Crippen LogP contribution in [-0.2, 0) is 20.9 Å². The minimum Gasteiger partial charge on any atom is -0.507 e. The Labute approximate surface area is 225 Å². The first-order chi connectivity index (χ1) is 16.0. The van der Waals surface area contributed by atoms with Gasteiger partial charge in [0.2, 0.25) is 5.91 Å². The number of carbonyl (C=O) groups excluding carboxylic acids is 2. The van der Waals surface area contributed by atoms with Gasteiger partial charge in [-0.05, 0) is 106 Å². The zero-order valence-electron chi connectivity index (χ0n) is 18.1. The second kappa shape index (κ2) is 11.4. The Hall–Kier alpha value is -2.32. The molecule has 0 saturated heterocycles. The molecule has 1 unspecified atom stereocenters. The summed E-state index contributed by atoms with van der Waals surface area (Å²) in [6.45, 7) is 0. The van der Waals surface area contributed by atoms with E-state index in [2.05, 4.69) is 61.1 Å². The molecule has 0 aliphatic heterocycles. The van der Waals surface area contributed by atoms with Crippen LogP contribution >= 0.6 is 45.2 Å². The quantitative estimate of drug-likeness (QED) is 0.228. The van der Waals surface area contributed by atoms with Gasteiger partial charge in [-0.2, -0.15) is 0 Å². The lowest BCUT2D eigenvalue weighted by Gasteiger charge is -2.14. The van der Waals surface area contributed by atoms with Gasteiger partial charge in [-0.1, -0.05) is 18.2 Å². The number of nitrogens with one attached hydrogen (secondary N) is 2. The number of ether oxygens (including phenoxy) is 1. The van der Waals surface area contributed by atoms with Crippen molar-refractivity contribution in [3.05, 3.63) is 78.9 Å². The predicted molar refractivity (Wildman–Crippen MR) is 152 cm³/mol. The van der Waals surface area contributed by atoms with E-state index < -0.39 is 15.6 Å². The molecule has 0 fully saturated rings. The molecule has 1 atom stereocenters. The first kappa shape index (κ1) is 26.3. The second-order valence-corrected chi connectivity index (χ2v) is 12.1. The molecule has 0 aliphatic rings. The van der Waals surface area contributed by atoms with Gasteiger partial charge in [0, 0.05) is 28.1 Å². The summed E-state index contributed by atoms with van der Waals surface area (Å²) in [6, 6.07) is 17.3. The maximum absolute atomic E-state index is 12.6. The number of amides is 2. The van der Waals surface area contributed by atoms with Crippen LogP contribution in [0.1, 0.15) is 22.3 Å². The molecule has 0 spiro atoms. The van der Waals surface area contributed by atoms with Gasteiger partial charge >= 0.3 is 0 Å². The summed E-state index contributed by atoms with van der Waals surface area (Å²) in [7, 11) is -2.58. The molecular formula is C24H22I2N2O5S. The van der Waals surface area contributed by atoms with Crippen LogP contribution in [0.25, 0.3) is 0 Å². The van der Waals surface area contributed by atoms with Gasteiger partial charge in [0.15, 0.2) is 5.75 Å². The summed E-state index contributed by atoms with van der Waals surface area (Å²) in [5, 5.41) is 12.9. The molecular weight excluding hydrogens is 682 g/mol. The lowest BCUT2D eigenvalue weighted by Crippen LogP contribution is -2.29. The van der Waals surface area contributed by atoms with E-state index >= 15 is 0 Å². The molecule has 178 valence electrons. The van der Waals surface area contributed by atoms with Crippen LogP contribution in [-0.4, -0.2) is 33.3 Å². The van der Waals surface area contributed by atoms with E-state index in [1.54, 1.807) is 30.3 Å². The average Bonchev–Trinajstić information content (AvgIpc) is 2.75. The fourth-order valence-corrected chi connectivity index (χ4v) is 5.70. The molecule has 0 radical (unpaired) electrons. The van der Waals surface area contributed by atoms with Crippen LogP contribution in [0.4, 0.5) is 5.69 Å². The van der Waals surface area contributed by atoms with Gasteiger partial charge in [-0.25, -0.2) is 4.21 Å². The van der Waals surface area contributed by atoms with Crippen molar-refractivity contribution >= 4 is 78.3 Å². The Bertz CT molecular complexity index is 1310. The second-order valence-electron chi connectivity index (χ2n) is 7.52. The fourth-order valence-electron chi connectivity index (χ4n) is 3.00. The number of carbonyl (C=O) groups is 2. The molecule has 0 bridgehead atoms. The molecule has 7 nitrogen and oxygen atoms in total. The summed E-state index contributed by atoms with van der Waals surface area (Å²) >= 11 is 4.29. The van der Waals surface area contributed by atoms with Crippen molar-refractivity contribution in [2.24, 2.45) is 0 Å². The van der Waals surface area contributed by atoms with Crippen LogP contribution in [0.5, 0.6) is 17.2 Å². The number of hydrogen-bond donors (Lipinski definition) is 3. The van der Waals surface area contributed by atoms with Crippen molar-refractivity contribution in [1.82, 2.24) is 4.72 Å². The third kappa shape index (κ3) is 7.60. The Morgan fingerprint density at radius 3 is 2.32 bits per heavy atom. The van der Waals surface area contributed by atoms with Crippen LogP contribution in [0, 0.1) is 7.14 Å². The number of aryl methyl sites for hydroxylation is 1. The van der Waals surface area contributed by atoms with Gasteiger partial charge in [0.25, 0.3) is 5.91 Å². The predicted octanol–water partition coefficient (Wildman–Crippen LogP) is 4.96. The van der Waals surface area contributed by atoms with Gasteiger partial charge in [-0.15, -0.1) is 0 Å². The van der Waals surface area contributed by atoms with Crippen LogP contribution < -0.4 is 14.8 Å². The monoisotopic (exact) mass is 704 g/mol. The number of aromatic hydroxyl groups is 1. The minimum absolute atomic E-state index is 0.0897. The number of phenols is 1. The number of anilines is 1. The molecule has 34 heavy (non-hydrogen) atoms. The molecule has 3 N–H and O–H groups in total. The molecule has 0 saturated carbocycles. The normalized spacial score (nSPS) is 12.4. The van der Waals surface area contributed by atoms with Crippen LogP contribution in [0.3, 0.4) is 0 Å². The molecule has 3 rings (SSSR count). The highest BCUT2D eigenvalue weighted by Gasteiger charge is 2.16. The Balaban J connectivity index is 1.74. The van der Waals surface area contributed by atoms with E-state index in [1.807, 2.05) is 18.2 Å². The molecule has 0 aliphatic carbocycles. The van der Waals surface area contributed by atoms with E-state index in [9.17, 15) is 18.9 Å². The van der Waals surface area contributed by atoms with E-state index in [-0.39, 0.29) is 23.6 Å². The van der Waals surface area contributed by atoms with Crippen LogP contribution in [0.15, 0.2) is 60.7 Å². The maximum Gasteiger partial charge on any atom is 0.259 e. The first-order valence-corrected chi connectivity index (χ1v) is 14.3. The zero-order valence-corrected chi connectivity index (χ0v) is 23.3. The molecule has 0 aromatic heterocycles. The topological polar surface area (TPSA) is 105 Å². The van der Waals surface area contributed by atoms with Crippen molar-refractivity contribution in [1.29, 1.82) is 0 Å². The van der Waals surface area contributed by atoms with Crippen molar-refractivity contribution in [2.75, 3.05) is 11.6 Å². The molecule has 10 heteroatoms. The van der Waals surface area contributed by atoms with Crippen LogP contribution in [0.2, 0.25) is 0 Å². The largest absolute Gasteiger partial charge is 0.507 e. The summed E-state index contributed by atoms with van der Waals surface area (Å²) in [4.78, 5) is 24.6. The summed E-state index contributed by atoms with van der Waals surface area (Å²) < 4.78 is 21.7. The standard InChI is InChI=1S/C24H22I2N2O5S/c1-34(2,32)28-22(30)11-8-15-12-19(25)23(20(26)13-15)33-17-9-10-21(29)18(14-17)24(31)27-16-6-4-3-5-7-16/h3-7,9-10,12-14,29H,1,8,11H2,2H3,(H,27,31)(H,28,30,32). The molecule has 2 amide bonds. The number of rotatable bonds is 8. The highest BCUT2D eigenvalue weighted by Crippen LogP contribution is 2.35. The van der Waals surface area contributed by atoms with E-state index in [0.29, 0.717) is 23.6 Å². The third-order valence-corrected chi connectivity index (χ3v) is 6.75. The molecule has 3 aromatic carbocycles. The summed E-state index contributed by atoms with van der Waals surface area (Å²) in [5.74, 6) is 3.49. The zero-order chi connectivity index (χ0) is 24.9. The smallest absolute Gasteiger partial charge is 0.259 e. The minimum atomic E-state index is -2.58. The first-order valence-electron chi connectivity index (χ1n) is 10.00. The van der Waals surface area contributed by atoms with Gasteiger partial charge < -0.3 is 15.2 Å². The van der Waals surface area contributed by atoms with E-state index in [4.69, 9.17) is 4.74 Å². The van der Waals surface area contributed by atoms with Gasteiger partial charge in [-0.3, -0.25) is 14.3 Å². The van der Waals surface area contributed by atoms with E-state index in [1.165, 1.54) is 18.4 Å². The number of phenolic OH excluding ortho intramolecular Hbond substituents is 1. The van der Waals surface area contributed by atoms with Crippen molar-refractivity contribution in [3.63, 3.8) is 0 Å².